The van der Waals surface area contributed by atoms with Crippen molar-refractivity contribution in [1.82, 2.24) is 4.72 Å². The van der Waals surface area contributed by atoms with E-state index in [1.165, 1.54) is 24.3 Å². The van der Waals surface area contributed by atoms with Gasteiger partial charge in [0.2, 0.25) is 10.0 Å². The van der Waals surface area contributed by atoms with Crippen LogP contribution < -0.4 is 4.72 Å². The van der Waals surface area contributed by atoms with Crippen molar-refractivity contribution in [2.24, 2.45) is 0 Å². The summed E-state index contributed by atoms with van der Waals surface area (Å²) in [7, 11) is -3.54. The second kappa shape index (κ2) is 6.51. The van der Waals surface area contributed by atoms with Crippen LogP contribution in [0.2, 0.25) is 0 Å². The Morgan fingerprint density at radius 2 is 2.06 bits per heavy atom. The van der Waals surface area contributed by atoms with Crippen LogP contribution in [0.1, 0.15) is 30.6 Å². The molecule has 0 aliphatic carbocycles. The summed E-state index contributed by atoms with van der Waals surface area (Å²) < 4.78 is 30.8. The molecule has 0 saturated heterocycles. The normalized spacial score (nSPS) is 11.2. The average molecular weight is 271 g/mol. The molecule has 0 spiro atoms. The van der Waals surface area contributed by atoms with Gasteiger partial charge in [0.1, 0.15) is 0 Å². The van der Waals surface area contributed by atoms with E-state index in [-0.39, 0.29) is 10.5 Å². The molecule has 0 aliphatic rings. The van der Waals surface area contributed by atoms with Crippen molar-refractivity contribution < 1.29 is 17.9 Å². The molecule has 100 valence electrons. The highest BCUT2D eigenvalue weighted by Crippen LogP contribution is 2.12. The molecular weight excluding hydrogens is 254 g/mol. The number of hydrogen-bond donors (Lipinski definition) is 1. The molecule has 0 heterocycles. The van der Waals surface area contributed by atoms with E-state index in [0.29, 0.717) is 13.2 Å². The predicted molar refractivity (Wildman–Crippen MR) is 67.9 cm³/mol. The van der Waals surface area contributed by atoms with Crippen LogP contribution in [0.25, 0.3) is 0 Å². The van der Waals surface area contributed by atoms with E-state index in [2.05, 4.69) is 4.72 Å². The third kappa shape index (κ3) is 3.82. The molecular formula is C12H17NO4S. The van der Waals surface area contributed by atoms with Gasteiger partial charge in [0.15, 0.2) is 0 Å². The van der Waals surface area contributed by atoms with Gasteiger partial charge in [0.05, 0.1) is 17.1 Å². The second-order valence-corrected chi connectivity index (χ2v) is 5.43. The molecule has 18 heavy (non-hydrogen) atoms. The molecule has 6 heteroatoms. The number of ether oxygens (including phenoxy) is 1. The molecule has 0 unspecified atom stereocenters. The zero-order chi connectivity index (χ0) is 13.6. The lowest BCUT2D eigenvalue weighted by atomic mass is 10.2. The molecule has 1 aromatic rings. The molecule has 0 fully saturated rings. The maximum absolute atomic E-state index is 11.8. The number of nitrogens with one attached hydrogen (secondary N) is 1. The first-order valence-corrected chi connectivity index (χ1v) is 7.26. The van der Waals surface area contributed by atoms with E-state index in [9.17, 15) is 13.2 Å². The molecule has 5 nitrogen and oxygen atoms in total. The first-order chi connectivity index (χ1) is 8.51. The highest BCUT2D eigenvalue weighted by Gasteiger charge is 2.15. The van der Waals surface area contributed by atoms with Crippen molar-refractivity contribution >= 4 is 16.0 Å². The van der Waals surface area contributed by atoms with E-state index in [1.807, 2.05) is 6.92 Å². The lowest BCUT2D eigenvalue weighted by Crippen LogP contribution is -2.23. The fraction of sp³-hybridized carbons (Fsp3) is 0.417. The van der Waals surface area contributed by atoms with E-state index in [0.717, 1.165) is 6.42 Å². The molecule has 0 atom stereocenters. The molecule has 0 amide bonds. The van der Waals surface area contributed by atoms with E-state index in [4.69, 9.17) is 4.74 Å². The SMILES string of the molecule is CCCOC(=O)c1cccc(S(=O)(=O)NCC)c1. The Morgan fingerprint density at radius 1 is 1.33 bits per heavy atom. The van der Waals surface area contributed by atoms with E-state index >= 15 is 0 Å². The topological polar surface area (TPSA) is 72.5 Å². The minimum absolute atomic E-state index is 0.0651. The largest absolute Gasteiger partial charge is 0.462 e. The minimum Gasteiger partial charge on any atom is -0.462 e. The Hall–Kier alpha value is -1.40. The lowest BCUT2D eigenvalue weighted by Gasteiger charge is -2.07. The van der Waals surface area contributed by atoms with Gasteiger partial charge in [-0.25, -0.2) is 17.9 Å². The Morgan fingerprint density at radius 3 is 2.67 bits per heavy atom. The summed E-state index contributed by atoms with van der Waals surface area (Å²) in [5.41, 5.74) is 0.238. The van der Waals surface area contributed by atoms with E-state index in [1.54, 1.807) is 6.92 Å². The Balaban J connectivity index is 2.96. The first-order valence-electron chi connectivity index (χ1n) is 5.78. The number of carbonyl (C=O) groups excluding carboxylic acids is 1. The van der Waals surface area contributed by atoms with Gasteiger partial charge in [-0.15, -0.1) is 0 Å². The highest BCUT2D eigenvalue weighted by atomic mass is 32.2. The molecule has 0 aromatic heterocycles. The molecule has 0 aliphatic heterocycles. The van der Waals surface area contributed by atoms with Gasteiger partial charge in [-0.3, -0.25) is 0 Å². The number of rotatable bonds is 6. The Labute approximate surface area is 107 Å². The van der Waals surface area contributed by atoms with Crippen molar-refractivity contribution in [2.75, 3.05) is 13.2 Å². The molecule has 1 rings (SSSR count). The van der Waals surface area contributed by atoms with Crippen molar-refractivity contribution in [2.45, 2.75) is 25.2 Å². The molecule has 0 bridgehead atoms. The average Bonchev–Trinajstić information content (AvgIpc) is 2.36. The van der Waals surface area contributed by atoms with Crippen LogP contribution in [0.5, 0.6) is 0 Å². The van der Waals surface area contributed by atoms with Gasteiger partial charge in [-0.05, 0) is 24.6 Å². The highest BCUT2D eigenvalue weighted by molar-refractivity contribution is 7.89. The van der Waals surface area contributed by atoms with Crippen LogP contribution in [0.4, 0.5) is 0 Å². The second-order valence-electron chi connectivity index (χ2n) is 3.67. The summed E-state index contributed by atoms with van der Waals surface area (Å²) in [6.45, 7) is 4.20. The van der Waals surface area contributed by atoms with Crippen molar-refractivity contribution in [3.63, 3.8) is 0 Å². The molecule has 1 N–H and O–H groups in total. The number of hydrogen-bond acceptors (Lipinski definition) is 4. The molecule has 1 aromatic carbocycles. The van der Waals surface area contributed by atoms with Gasteiger partial charge in [0.25, 0.3) is 0 Å². The van der Waals surface area contributed by atoms with Crippen LogP contribution in [0.3, 0.4) is 0 Å². The zero-order valence-electron chi connectivity index (χ0n) is 10.5. The number of benzene rings is 1. The van der Waals surface area contributed by atoms with Gasteiger partial charge >= 0.3 is 5.97 Å². The van der Waals surface area contributed by atoms with Crippen LogP contribution >= 0.6 is 0 Å². The van der Waals surface area contributed by atoms with Crippen LogP contribution in [0.15, 0.2) is 29.2 Å². The molecule has 0 radical (unpaired) electrons. The summed E-state index contributed by atoms with van der Waals surface area (Å²) in [5, 5.41) is 0. The number of sulfonamides is 1. The maximum atomic E-state index is 11.8. The van der Waals surface area contributed by atoms with E-state index < -0.39 is 16.0 Å². The third-order valence-corrected chi connectivity index (χ3v) is 3.69. The van der Waals surface area contributed by atoms with Gasteiger partial charge in [-0.2, -0.15) is 0 Å². The van der Waals surface area contributed by atoms with Gasteiger partial charge < -0.3 is 4.74 Å². The Bertz CT molecular complexity index is 511. The fourth-order valence-corrected chi connectivity index (χ4v) is 2.43. The summed E-state index contributed by atoms with van der Waals surface area (Å²) in [6, 6.07) is 5.81. The van der Waals surface area contributed by atoms with Crippen LogP contribution in [-0.4, -0.2) is 27.5 Å². The summed E-state index contributed by atoms with van der Waals surface area (Å²) in [6.07, 6.45) is 0.723. The van der Waals surface area contributed by atoms with Crippen LogP contribution in [-0.2, 0) is 14.8 Å². The summed E-state index contributed by atoms with van der Waals surface area (Å²) in [4.78, 5) is 11.7. The quantitative estimate of drug-likeness (QED) is 0.797. The Kier molecular flexibility index (Phi) is 5.30. The maximum Gasteiger partial charge on any atom is 0.338 e. The van der Waals surface area contributed by atoms with Crippen molar-refractivity contribution in [3.05, 3.63) is 29.8 Å². The van der Waals surface area contributed by atoms with Crippen molar-refractivity contribution in [3.8, 4) is 0 Å². The summed E-state index contributed by atoms with van der Waals surface area (Å²) >= 11 is 0. The molecule has 0 saturated carbocycles. The zero-order valence-corrected chi connectivity index (χ0v) is 11.3. The smallest absolute Gasteiger partial charge is 0.338 e. The van der Waals surface area contributed by atoms with Crippen molar-refractivity contribution in [1.29, 1.82) is 0 Å². The standard InChI is InChI=1S/C12H17NO4S/c1-3-8-17-12(14)10-6-5-7-11(9-10)18(15,16)13-4-2/h5-7,9,13H,3-4,8H2,1-2H3. The summed E-state index contributed by atoms with van der Waals surface area (Å²) in [5.74, 6) is -0.509. The van der Waals surface area contributed by atoms with Gasteiger partial charge in [-0.1, -0.05) is 19.9 Å². The number of esters is 1. The van der Waals surface area contributed by atoms with Gasteiger partial charge in [0, 0.05) is 6.54 Å². The monoisotopic (exact) mass is 271 g/mol. The van der Waals surface area contributed by atoms with Crippen LogP contribution in [0, 0.1) is 0 Å². The number of carbonyl (C=O) groups is 1. The predicted octanol–water partition coefficient (Wildman–Crippen LogP) is 1.55. The fourth-order valence-electron chi connectivity index (χ4n) is 1.34. The lowest BCUT2D eigenvalue weighted by molar-refractivity contribution is 0.0505. The minimum atomic E-state index is -3.54. The first kappa shape index (κ1) is 14.7. The third-order valence-electron chi connectivity index (χ3n) is 2.15.